The summed E-state index contributed by atoms with van der Waals surface area (Å²) in [4.78, 5) is 27.8. The number of rotatable bonds is 1. The average molecular weight is 290 g/mol. The van der Waals surface area contributed by atoms with E-state index in [9.17, 15) is 9.59 Å². The molecule has 1 aromatic rings. The van der Waals surface area contributed by atoms with Crippen molar-refractivity contribution in [2.24, 2.45) is 0 Å². The molecule has 1 aromatic carbocycles. The summed E-state index contributed by atoms with van der Waals surface area (Å²) in [6.07, 6.45) is 0.0412. The number of nitrogens with zero attached hydrogens (tertiary/aromatic N) is 2. The molecule has 0 spiro atoms. The molecule has 1 aliphatic rings. The number of likely N-dealkylation sites (N-methyl/N-ethyl adjacent to an activating group) is 1. The van der Waals surface area contributed by atoms with Crippen LogP contribution in [-0.4, -0.2) is 42.6 Å². The molecule has 0 aliphatic carbocycles. The summed E-state index contributed by atoms with van der Waals surface area (Å²) < 4.78 is 5.45. The SMILES string of the molecule is CN(C)C(=O)[C@@H]1Cc2ccccc2N1C(=O)OC(C)(C)C. The van der Waals surface area contributed by atoms with Crippen LogP contribution in [0.5, 0.6) is 0 Å². The molecule has 0 unspecified atom stereocenters. The van der Waals surface area contributed by atoms with Gasteiger partial charge in [0.05, 0.1) is 5.69 Å². The lowest BCUT2D eigenvalue weighted by Gasteiger charge is -2.29. The van der Waals surface area contributed by atoms with Crippen LogP contribution in [0.4, 0.5) is 10.5 Å². The first kappa shape index (κ1) is 15.4. The molecule has 0 saturated heterocycles. The van der Waals surface area contributed by atoms with E-state index >= 15 is 0 Å². The van der Waals surface area contributed by atoms with E-state index in [2.05, 4.69) is 0 Å². The van der Waals surface area contributed by atoms with Gasteiger partial charge in [-0.25, -0.2) is 4.79 Å². The zero-order valence-corrected chi connectivity index (χ0v) is 13.2. The van der Waals surface area contributed by atoms with Gasteiger partial charge in [0.15, 0.2) is 0 Å². The quantitative estimate of drug-likeness (QED) is 0.798. The van der Waals surface area contributed by atoms with Gasteiger partial charge < -0.3 is 9.64 Å². The van der Waals surface area contributed by atoms with E-state index in [1.54, 1.807) is 14.1 Å². The molecule has 2 rings (SSSR count). The predicted octanol–water partition coefficient (Wildman–Crippen LogP) is 2.44. The third kappa shape index (κ3) is 3.17. The fourth-order valence-electron chi connectivity index (χ4n) is 2.42. The Bertz CT molecular complexity index is 561. The molecule has 21 heavy (non-hydrogen) atoms. The van der Waals surface area contributed by atoms with Crippen LogP contribution in [-0.2, 0) is 16.0 Å². The van der Waals surface area contributed by atoms with Crippen molar-refractivity contribution in [3.05, 3.63) is 29.8 Å². The zero-order valence-electron chi connectivity index (χ0n) is 13.2. The van der Waals surface area contributed by atoms with Crippen molar-refractivity contribution in [1.82, 2.24) is 4.90 Å². The lowest BCUT2D eigenvalue weighted by atomic mass is 10.1. The number of anilines is 1. The minimum atomic E-state index is -0.597. The van der Waals surface area contributed by atoms with Crippen LogP contribution in [0.15, 0.2) is 24.3 Å². The van der Waals surface area contributed by atoms with Gasteiger partial charge in [0.2, 0.25) is 5.91 Å². The standard InChI is InChI=1S/C16H22N2O3/c1-16(2,3)21-15(20)18-12-9-7-6-8-11(12)10-13(18)14(19)17(4)5/h6-9,13H,10H2,1-5H3/t13-/m0/s1. The summed E-state index contributed by atoms with van der Waals surface area (Å²) in [7, 11) is 3.39. The molecule has 1 heterocycles. The smallest absolute Gasteiger partial charge is 0.415 e. The number of amides is 2. The van der Waals surface area contributed by atoms with Crippen molar-refractivity contribution in [3.8, 4) is 0 Å². The Hall–Kier alpha value is -2.04. The van der Waals surface area contributed by atoms with Gasteiger partial charge in [0, 0.05) is 20.5 Å². The molecule has 0 N–H and O–H groups in total. The van der Waals surface area contributed by atoms with E-state index in [0.29, 0.717) is 6.42 Å². The number of fused-ring (bicyclic) bond motifs is 1. The van der Waals surface area contributed by atoms with Crippen LogP contribution in [0.1, 0.15) is 26.3 Å². The highest BCUT2D eigenvalue weighted by atomic mass is 16.6. The van der Waals surface area contributed by atoms with Crippen molar-refractivity contribution in [3.63, 3.8) is 0 Å². The lowest BCUT2D eigenvalue weighted by molar-refractivity contribution is -0.130. The average Bonchev–Trinajstić information content (AvgIpc) is 2.74. The maximum atomic E-state index is 12.5. The van der Waals surface area contributed by atoms with E-state index < -0.39 is 17.7 Å². The van der Waals surface area contributed by atoms with Gasteiger partial charge in [-0.2, -0.15) is 0 Å². The first-order valence-electron chi connectivity index (χ1n) is 7.02. The molecule has 0 saturated carbocycles. The van der Waals surface area contributed by atoms with E-state index in [0.717, 1.165) is 11.3 Å². The molecule has 2 amide bonds. The van der Waals surface area contributed by atoms with E-state index in [4.69, 9.17) is 4.74 Å². The largest absolute Gasteiger partial charge is 0.443 e. The summed E-state index contributed by atoms with van der Waals surface area (Å²) >= 11 is 0. The van der Waals surface area contributed by atoms with Gasteiger partial charge >= 0.3 is 6.09 Å². The fourth-order valence-corrected chi connectivity index (χ4v) is 2.42. The molecule has 5 nitrogen and oxygen atoms in total. The molecular weight excluding hydrogens is 268 g/mol. The Morgan fingerprint density at radius 1 is 1.24 bits per heavy atom. The summed E-state index contributed by atoms with van der Waals surface area (Å²) in [6.45, 7) is 5.45. The second-order valence-corrected chi connectivity index (χ2v) is 6.43. The molecule has 0 radical (unpaired) electrons. The van der Waals surface area contributed by atoms with Crippen molar-refractivity contribution < 1.29 is 14.3 Å². The third-order valence-corrected chi connectivity index (χ3v) is 3.29. The van der Waals surface area contributed by atoms with E-state index in [1.165, 1.54) is 9.80 Å². The summed E-state index contributed by atoms with van der Waals surface area (Å²) in [6, 6.07) is 7.03. The highest BCUT2D eigenvalue weighted by Crippen LogP contribution is 2.33. The van der Waals surface area contributed by atoms with E-state index in [1.807, 2.05) is 45.0 Å². The Morgan fingerprint density at radius 2 is 1.86 bits per heavy atom. The number of carbonyl (C=O) groups is 2. The monoisotopic (exact) mass is 290 g/mol. The third-order valence-electron chi connectivity index (χ3n) is 3.29. The number of ether oxygens (including phenoxy) is 1. The molecule has 0 aromatic heterocycles. The van der Waals surface area contributed by atoms with Crippen LogP contribution in [0.2, 0.25) is 0 Å². The molecule has 5 heteroatoms. The molecule has 1 aliphatic heterocycles. The number of carbonyl (C=O) groups excluding carboxylic acids is 2. The first-order chi connectivity index (χ1) is 9.70. The molecule has 0 fully saturated rings. The van der Waals surface area contributed by atoms with Crippen LogP contribution in [0.3, 0.4) is 0 Å². The van der Waals surface area contributed by atoms with Crippen LogP contribution in [0, 0.1) is 0 Å². The van der Waals surface area contributed by atoms with Crippen LogP contribution >= 0.6 is 0 Å². The Balaban J connectivity index is 2.36. The number of hydrogen-bond acceptors (Lipinski definition) is 3. The van der Waals surface area contributed by atoms with Crippen molar-refractivity contribution in [2.45, 2.75) is 38.8 Å². The lowest BCUT2D eigenvalue weighted by Crippen LogP contribution is -2.49. The molecule has 0 bridgehead atoms. The highest BCUT2D eigenvalue weighted by molar-refractivity contribution is 6.00. The summed E-state index contributed by atoms with van der Waals surface area (Å²) in [5.74, 6) is -0.0999. The summed E-state index contributed by atoms with van der Waals surface area (Å²) in [5, 5.41) is 0. The Morgan fingerprint density at radius 3 is 2.43 bits per heavy atom. The topological polar surface area (TPSA) is 49.9 Å². The minimum absolute atomic E-state index is 0.0999. The molecular formula is C16H22N2O3. The second kappa shape index (κ2) is 5.39. The van der Waals surface area contributed by atoms with Gasteiger partial charge in [-0.1, -0.05) is 18.2 Å². The Labute approximate surface area is 125 Å². The minimum Gasteiger partial charge on any atom is -0.443 e. The number of para-hydroxylation sites is 1. The highest BCUT2D eigenvalue weighted by Gasteiger charge is 2.40. The first-order valence-corrected chi connectivity index (χ1v) is 7.02. The second-order valence-electron chi connectivity index (χ2n) is 6.43. The van der Waals surface area contributed by atoms with Gasteiger partial charge in [0.25, 0.3) is 0 Å². The zero-order chi connectivity index (χ0) is 15.8. The van der Waals surface area contributed by atoms with Gasteiger partial charge in [-0.3, -0.25) is 9.69 Å². The normalized spacial score (nSPS) is 17.4. The van der Waals surface area contributed by atoms with Crippen LogP contribution < -0.4 is 4.90 Å². The summed E-state index contributed by atoms with van der Waals surface area (Å²) in [5.41, 5.74) is 1.15. The molecule has 1 atom stereocenters. The van der Waals surface area contributed by atoms with Crippen molar-refractivity contribution >= 4 is 17.7 Å². The van der Waals surface area contributed by atoms with Crippen LogP contribution in [0.25, 0.3) is 0 Å². The van der Waals surface area contributed by atoms with Gasteiger partial charge in [-0.15, -0.1) is 0 Å². The van der Waals surface area contributed by atoms with E-state index in [-0.39, 0.29) is 5.91 Å². The maximum absolute atomic E-state index is 12.5. The predicted molar refractivity (Wildman–Crippen MR) is 81.3 cm³/mol. The van der Waals surface area contributed by atoms with Gasteiger partial charge in [-0.05, 0) is 32.4 Å². The van der Waals surface area contributed by atoms with Gasteiger partial charge in [0.1, 0.15) is 11.6 Å². The number of benzene rings is 1. The maximum Gasteiger partial charge on any atom is 0.415 e. The Kier molecular flexibility index (Phi) is 3.94. The van der Waals surface area contributed by atoms with Crippen molar-refractivity contribution in [1.29, 1.82) is 0 Å². The van der Waals surface area contributed by atoms with Crippen molar-refractivity contribution in [2.75, 3.05) is 19.0 Å². The fraction of sp³-hybridized carbons (Fsp3) is 0.500. The number of hydrogen-bond donors (Lipinski definition) is 0. The molecule has 114 valence electrons.